The van der Waals surface area contributed by atoms with Gasteiger partial charge in [0.1, 0.15) is 11.6 Å². The molecule has 31 heavy (non-hydrogen) atoms. The Balaban J connectivity index is 1.34. The number of hydrogen-bond donors (Lipinski definition) is 1. The molecule has 1 aliphatic rings. The molecule has 6 nitrogen and oxygen atoms in total. The van der Waals surface area contributed by atoms with Crippen LogP contribution in [0.25, 0.3) is 10.9 Å². The highest BCUT2D eigenvalue weighted by Crippen LogP contribution is 2.22. The molecule has 1 fully saturated rings. The first-order chi connectivity index (χ1) is 14.9. The molecule has 1 saturated heterocycles. The predicted molar refractivity (Wildman–Crippen MR) is 116 cm³/mol. The molecule has 1 aliphatic heterocycles. The normalized spacial score (nSPS) is 19.5. The first kappa shape index (κ1) is 21.1. The first-order valence-corrected chi connectivity index (χ1v) is 10.4. The number of amides is 1. The lowest BCUT2D eigenvalue weighted by Crippen LogP contribution is -2.58. The van der Waals surface area contributed by atoms with E-state index < -0.39 is 0 Å². The fraction of sp³-hybridized carbons (Fsp3) is 0.333. The van der Waals surface area contributed by atoms with Gasteiger partial charge in [-0.3, -0.25) is 9.69 Å². The molecule has 0 spiro atoms. The van der Waals surface area contributed by atoms with E-state index in [9.17, 15) is 14.3 Å². The van der Waals surface area contributed by atoms with Gasteiger partial charge in [-0.05, 0) is 55.8 Å². The minimum absolute atomic E-state index is 0.0419. The molecule has 2 heterocycles. The molecule has 1 aromatic heterocycles. The van der Waals surface area contributed by atoms with Crippen LogP contribution in [-0.4, -0.2) is 57.6 Å². The van der Waals surface area contributed by atoms with E-state index in [1.165, 1.54) is 12.1 Å². The number of aromatic hydroxyl groups is 1. The van der Waals surface area contributed by atoms with Crippen molar-refractivity contribution in [3.05, 3.63) is 66.0 Å². The number of hydrogen-bond acceptors (Lipinski definition) is 5. The third-order valence-corrected chi connectivity index (χ3v) is 5.73. The summed E-state index contributed by atoms with van der Waals surface area (Å²) >= 11 is 0. The Bertz CT molecular complexity index is 1070. The van der Waals surface area contributed by atoms with Crippen LogP contribution in [0.4, 0.5) is 4.39 Å². The summed E-state index contributed by atoms with van der Waals surface area (Å²) in [6, 6.07) is 15.2. The van der Waals surface area contributed by atoms with Gasteiger partial charge in [0.2, 0.25) is 5.88 Å². The highest BCUT2D eigenvalue weighted by atomic mass is 19.1. The SMILES string of the molecule is C[C@@H]1CN(Cc2ccc(F)cc2)[C@@H](C)CN1C(=O)COc1ccc2cc(O)ccc2n1. The summed E-state index contributed by atoms with van der Waals surface area (Å²) in [5.74, 6) is 0.245. The number of piperazine rings is 1. The van der Waals surface area contributed by atoms with Crippen molar-refractivity contribution in [2.24, 2.45) is 0 Å². The van der Waals surface area contributed by atoms with Crippen molar-refractivity contribution in [2.45, 2.75) is 32.5 Å². The van der Waals surface area contributed by atoms with E-state index in [0.29, 0.717) is 17.9 Å². The van der Waals surface area contributed by atoms with Crippen molar-refractivity contribution >= 4 is 16.8 Å². The van der Waals surface area contributed by atoms with Crippen LogP contribution < -0.4 is 4.74 Å². The fourth-order valence-electron chi connectivity index (χ4n) is 3.98. The molecule has 0 radical (unpaired) electrons. The highest BCUT2D eigenvalue weighted by Gasteiger charge is 2.32. The maximum absolute atomic E-state index is 13.1. The van der Waals surface area contributed by atoms with Gasteiger partial charge in [-0.25, -0.2) is 9.37 Å². The van der Waals surface area contributed by atoms with Crippen LogP contribution >= 0.6 is 0 Å². The number of nitrogens with zero attached hydrogens (tertiary/aromatic N) is 3. The zero-order valence-electron chi connectivity index (χ0n) is 17.7. The topological polar surface area (TPSA) is 65.9 Å². The predicted octanol–water partition coefficient (Wildman–Crippen LogP) is 3.58. The lowest BCUT2D eigenvalue weighted by atomic mass is 10.1. The fourth-order valence-corrected chi connectivity index (χ4v) is 3.98. The van der Waals surface area contributed by atoms with Gasteiger partial charge in [0.05, 0.1) is 5.52 Å². The van der Waals surface area contributed by atoms with Gasteiger partial charge in [0.25, 0.3) is 5.91 Å². The Kier molecular flexibility index (Phi) is 6.04. The van der Waals surface area contributed by atoms with Gasteiger partial charge < -0.3 is 14.7 Å². The van der Waals surface area contributed by atoms with Crippen molar-refractivity contribution < 1.29 is 19.0 Å². The van der Waals surface area contributed by atoms with Crippen molar-refractivity contribution in [3.63, 3.8) is 0 Å². The summed E-state index contributed by atoms with van der Waals surface area (Å²) in [5, 5.41) is 10.4. The highest BCUT2D eigenvalue weighted by molar-refractivity contribution is 5.81. The number of phenolic OH excluding ortho intramolecular Hbond substituents is 1. The molecule has 1 N–H and O–H groups in total. The molecule has 0 saturated carbocycles. The molecule has 0 unspecified atom stereocenters. The number of halogens is 1. The van der Waals surface area contributed by atoms with E-state index in [2.05, 4.69) is 16.8 Å². The summed E-state index contributed by atoms with van der Waals surface area (Å²) in [6.45, 7) is 6.11. The lowest BCUT2D eigenvalue weighted by molar-refractivity contribution is -0.139. The van der Waals surface area contributed by atoms with Gasteiger partial charge in [0, 0.05) is 43.2 Å². The molecule has 4 rings (SSSR count). The molecule has 7 heteroatoms. The van der Waals surface area contributed by atoms with Crippen molar-refractivity contribution in [1.82, 2.24) is 14.8 Å². The van der Waals surface area contributed by atoms with E-state index in [1.807, 2.05) is 11.8 Å². The maximum atomic E-state index is 13.1. The number of ether oxygens (including phenoxy) is 1. The molecular formula is C24H26FN3O3. The van der Waals surface area contributed by atoms with Crippen LogP contribution in [-0.2, 0) is 11.3 Å². The second-order valence-corrected chi connectivity index (χ2v) is 8.12. The van der Waals surface area contributed by atoms with Gasteiger partial charge in [0.15, 0.2) is 6.61 Å². The van der Waals surface area contributed by atoms with Crippen LogP contribution in [0.5, 0.6) is 11.6 Å². The first-order valence-electron chi connectivity index (χ1n) is 10.4. The minimum Gasteiger partial charge on any atom is -0.508 e. The number of benzene rings is 2. The summed E-state index contributed by atoms with van der Waals surface area (Å²) in [4.78, 5) is 21.4. The molecule has 2 aromatic carbocycles. The van der Waals surface area contributed by atoms with Crippen LogP contribution in [0.3, 0.4) is 0 Å². The van der Waals surface area contributed by atoms with Gasteiger partial charge >= 0.3 is 0 Å². The monoisotopic (exact) mass is 423 g/mol. The van der Waals surface area contributed by atoms with Crippen LogP contribution in [0.1, 0.15) is 19.4 Å². The number of fused-ring (bicyclic) bond motifs is 1. The summed E-state index contributed by atoms with van der Waals surface area (Å²) < 4.78 is 18.8. The number of aromatic nitrogens is 1. The van der Waals surface area contributed by atoms with Gasteiger partial charge in [-0.2, -0.15) is 0 Å². The van der Waals surface area contributed by atoms with E-state index in [-0.39, 0.29) is 36.2 Å². The third kappa shape index (κ3) is 4.94. The maximum Gasteiger partial charge on any atom is 0.260 e. The number of carbonyl (C=O) groups is 1. The van der Waals surface area contributed by atoms with Gasteiger partial charge in [-0.15, -0.1) is 0 Å². The average molecular weight is 423 g/mol. The lowest BCUT2D eigenvalue weighted by Gasteiger charge is -2.44. The summed E-state index contributed by atoms with van der Waals surface area (Å²) in [7, 11) is 0. The van der Waals surface area contributed by atoms with E-state index >= 15 is 0 Å². The Labute approximate surface area is 180 Å². The molecule has 3 aromatic rings. The second kappa shape index (κ2) is 8.89. The average Bonchev–Trinajstić information content (AvgIpc) is 2.75. The Hall–Kier alpha value is -3.19. The van der Waals surface area contributed by atoms with Crippen LogP contribution in [0, 0.1) is 5.82 Å². The second-order valence-electron chi connectivity index (χ2n) is 8.12. The Morgan fingerprint density at radius 2 is 1.87 bits per heavy atom. The molecular weight excluding hydrogens is 397 g/mol. The zero-order valence-corrected chi connectivity index (χ0v) is 17.7. The van der Waals surface area contributed by atoms with E-state index in [0.717, 1.165) is 24.0 Å². The molecule has 2 atom stereocenters. The largest absolute Gasteiger partial charge is 0.508 e. The minimum atomic E-state index is -0.236. The van der Waals surface area contributed by atoms with Crippen LogP contribution in [0.2, 0.25) is 0 Å². The number of pyridine rings is 1. The molecule has 0 bridgehead atoms. The van der Waals surface area contributed by atoms with Gasteiger partial charge in [-0.1, -0.05) is 12.1 Å². The van der Waals surface area contributed by atoms with E-state index in [1.54, 1.807) is 42.5 Å². The smallest absolute Gasteiger partial charge is 0.260 e. The Morgan fingerprint density at radius 1 is 1.10 bits per heavy atom. The Morgan fingerprint density at radius 3 is 2.65 bits per heavy atom. The third-order valence-electron chi connectivity index (χ3n) is 5.73. The van der Waals surface area contributed by atoms with E-state index in [4.69, 9.17) is 4.74 Å². The number of phenols is 1. The quantitative estimate of drug-likeness (QED) is 0.680. The standard InChI is InChI=1S/C24H26FN3O3/c1-16-13-28(17(2)12-27(16)14-18-3-6-20(25)7-4-18)24(30)15-31-23-10-5-19-11-21(29)8-9-22(19)26-23/h3-11,16-17,29H,12-15H2,1-2H3/t16-,17+/m0/s1. The summed E-state index contributed by atoms with van der Waals surface area (Å²) in [5.41, 5.74) is 1.75. The van der Waals surface area contributed by atoms with Crippen LogP contribution in [0.15, 0.2) is 54.6 Å². The van der Waals surface area contributed by atoms with Crippen molar-refractivity contribution in [1.29, 1.82) is 0 Å². The number of carbonyl (C=O) groups excluding carboxylic acids is 1. The van der Waals surface area contributed by atoms with Crippen molar-refractivity contribution in [3.8, 4) is 11.6 Å². The zero-order chi connectivity index (χ0) is 22.0. The molecule has 1 amide bonds. The molecule has 0 aliphatic carbocycles. The summed E-state index contributed by atoms with van der Waals surface area (Å²) in [6.07, 6.45) is 0. The number of rotatable bonds is 5. The molecule has 162 valence electrons. The van der Waals surface area contributed by atoms with Crippen molar-refractivity contribution in [2.75, 3.05) is 19.7 Å².